The SMILES string of the molecule is CC/C=C\C/C=C\C/C=C\CCCCCC(=O)OC(COC(=O)CCCCCCC/C=C\CCCCCCCC)COP(=O)(O)OC. The van der Waals surface area contributed by atoms with Crippen LogP contribution in [0.4, 0.5) is 0 Å². The van der Waals surface area contributed by atoms with Crippen molar-refractivity contribution in [1.82, 2.24) is 0 Å². The fourth-order valence-electron chi connectivity index (χ4n) is 4.72. The van der Waals surface area contributed by atoms with Gasteiger partial charge in [-0.1, -0.05) is 120 Å². The van der Waals surface area contributed by atoms with Gasteiger partial charge in [-0.3, -0.25) is 18.6 Å². The van der Waals surface area contributed by atoms with Crippen LogP contribution >= 0.6 is 7.82 Å². The van der Waals surface area contributed by atoms with E-state index in [-0.39, 0.29) is 25.4 Å². The van der Waals surface area contributed by atoms with Crippen molar-refractivity contribution < 1.29 is 37.6 Å². The Balaban J connectivity index is 4.14. The van der Waals surface area contributed by atoms with Crippen LogP contribution in [0.1, 0.15) is 155 Å². The van der Waals surface area contributed by atoms with E-state index in [1.165, 1.54) is 44.9 Å². The van der Waals surface area contributed by atoms with Crippen LogP contribution in [-0.2, 0) is 32.7 Å². The Morgan fingerprint density at radius 3 is 1.66 bits per heavy atom. The topological polar surface area (TPSA) is 108 Å². The number of rotatable bonds is 33. The highest BCUT2D eigenvalue weighted by molar-refractivity contribution is 7.47. The molecule has 0 rings (SSSR count). The van der Waals surface area contributed by atoms with Crippen LogP contribution in [0.2, 0.25) is 0 Å². The summed E-state index contributed by atoms with van der Waals surface area (Å²) in [5, 5.41) is 0. The Hall–Kier alpha value is -1.99. The summed E-state index contributed by atoms with van der Waals surface area (Å²) in [6.07, 6.45) is 38.8. The van der Waals surface area contributed by atoms with Crippen LogP contribution in [0.25, 0.3) is 0 Å². The van der Waals surface area contributed by atoms with Crippen molar-refractivity contribution in [2.45, 2.75) is 161 Å². The number of hydrogen-bond donors (Lipinski definition) is 1. The first-order valence-electron chi connectivity index (χ1n) is 18.3. The Morgan fingerprint density at radius 1 is 0.617 bits per heavy atom. The lowest BCUT2D eigenvalue weighted by Crippen LogP contribution is -2.29. The molecule has 0 saturated heterocycles. The molecule has 272 valence electrons. The molecular weight excluding hydrogens is 615 g/mol. The Bertz CT molecular complexity index is 911. The lowest BCUT2D eigenvalue weighted by molar-refractivity contribution is -0.161. The molecule has 1 N–H and O–H groups in total. The predicted octanol–water partition coefficient (Wildman–Crippen LogP) is 11.1. The van der Waals surface area contributed by atoms with Gasteiger partial charge in [0.25, 0.3) is 0 Å². The molecule has 0 aromatic heterocycles. The fraction of sp³-hybridized carbons (Fsp3) is 0.737. The van der Waals surface area contributed by atoms with Gasteiger partial charge in [-0.05, 0) is 70.6 Å². The number of ether oxygens (including phenoxy) is 2. The van der Waals surface area contributed by atoms with E-state index >= 15 is 0 Å². The summed E-state index contributed by atoms with van der Waals surface area (Å²) in [7, 11) is -3.22. The van der Waals surface area contributed by atoms with Crippen molar-refractivity contribution in [3.63, 3.8) is 0 Å². The maximum Gasteiger partial charge on any atom is 0.472 e. The number of carbonyl (C=O) groups is 2. The molecule has 0 aliphatic heterocycles. The molecule has 9 heteroatoms. The molecule has 0 aromatic rings. The average Bonchev–Trinajstić information content (AvgIpc) is 3.06. The molecule has 2 unspecified atom stereocenters. The first kappa shape index (κ1) is 45.0. The number of phosphoric acid groups is 1. The Kier molecular flexibility index (Phi) is 32.5. The molecule has 0 saturated carbocycles. The Labute approximate surface area is 287 Å². The highest BCUT2D eigenvalue weighted by Gasteiger charge is 2.24. The molecule has 0 bridgehead atoms. The molecule has 0 aliphatic carbocycles. The van der Waals surface area contributed by atoms with Crippen LogP contribution in [0, 0.1) is 0 Å². The normalized spacial score (nSPS) is 14.0. The number of esters is 2. The summed E-state index contributed by atoms with van der Waals surface area (Å²) in [6.45, 7) is 3.71. The molecule has 47 heavy (non-hydrogen) atoms. The van der Waals surface area contributed by atoms with Crippen LogP contribution < -0.4 is 0 Å². The Morgan fingerprint density at radius 2 is 1.09 bits per heavy atom. The van der Waals surface area contributed by atoms with Gasteiger partial charge in [0.15, 0.2) is 6.10 Å². The van der Waals surface area contributed by atoms with Gasteiger partial charge in [-0.15, -0.1) is 0 Å². The van der Waals surface area contributed by atoms with E-state index in [1.807, 2.05) is 0 Å². The van der Waals surface area contributed by atoms with E-state index in [9.17, 15) is 19.0 Å². The van der Waals surface area contributed by atoms with Gasteiger partial charge in [0.1, 0.15) is 6.61 Å². The number of hydrogen-bond acceptors (Lipinski definition) is 7. The monoisotopic (exact) mass is 682 g/mol. The third-order valence-electron chi connectivity index (χ3n) is 7.56. The van der Waals surface area contributed by atoms with E-state index in [4.69, 9.17) is 14.0 Å². The number of allylic oxidation sites excluding steroid dienone is 8. The minimum absolute atomic E-state index is 0.207. The molecule has 2 atom stereocenters. The molecule has 0 heterocycles. The summed E-state index contributed by atoms with van der Waals surface area (Å²) < 4.78 is 31.8. The summed E-state index contributed by atoms with van der Waals surface area (Å²) >= 11 is 0. The van der Waals surface area contributed by atoms with E-state index in [1.54, 1.807) is 0 Å². The molecule has 0 aliphatic rings. The number of phosphoric ester groups is 1. The second kappa shape index (κ2) is 33.9. The number of carbonyl (C=O) groups excluding carboxylic acids is 2. The molecule has 0 aromatic carbocycles. The summed E-state index contributed by atoms with van der Waals surface area (Å²) in [5.74, 6) is -0.852. The largest absolute Gasteiger partial charge is 0.472 e. The van der Waals surface area contributed by atoms with E-state index in [2.05, 4.69) is 67.0 Å². The summed E-state index contributed by atoms with van der Waals surface area (Å²) in [6, 6.07) is 0. The minimum Gasteiger partial charge on any atom is -0.462 e. The van der Waals surface area contributed by atoms with Gasteiger partial charge < -0.3 is 14.4 Å². The first-order chi connectivity index (χ1) is 22.8. The van der Waals surface area contributed by atoms with E-state index in [0.29, 0.717) is 6.42 Å². The number of unbranched alkanes of at least 4 members (excludes halogenated alkanes) is 14. The highest BCUT2D eigenvalue weighted by Crippen LogP contribution is 2.42. The predicted molar refractivity (Wildman–Crippen MR) is 193 cm³/mol. The third-order valence-corrected chi connectivity index (χ3v) is 8.49. The van der Waals surface area contributed by atoms with Crippen molar-refractivity contribution in [3.05, 3.63) is 48.6 Å². The molecule has 0 spiro atoms. The van der Waals surface area contributed by atoms with Crippen molar-refractivity contribution in [3.8, 4) is 0 Å². The minimum atomic E-state index is -4.27. The smallest absolute Gasteiger partial charge is 0.462 e. The summed E-state index contributed by atoms with van der Waals surface area (Å²) in [5.41, 5.74) is 0. The van der Waals surface area contributed by atoms with Crippen molar-refractivity contribution >= 4 is 19.8 Å². The fourth-order valence-corrected chi connectivity index (χ4v) is 5.18. The molecular formula is C38H67O8P. The maximum atomic E-state index is 12.4. The van der Waals surface area contributed by atoms with Gasteiger partial charge in [0, 0.05) is 20.0 Å². The van der Waals surface area contributed by atoms with Gasteiger partial charge in [0.2, 0.25) is 0 Å². The summed E-state index contributed by atoms with van der Waals surface area (Å²) in [4.78, 5) is 34.3. The van der Waals surface area contributed by atoms with Crippen LogP contribution in [0.5, 0.6) is 0 Å². The highest BCUT2D eigenvalue weighted by atomic mass is 31.2. The molecule has 0 amide bonds. The zero-order valence-corrected chi connectivity index (χ0v) is 30.8. The van der Waals surface area contributed by atoms with Gasteiger partial charge >= 0.3 is 19.8 Å². The van der Waals surface area contributed by atoms with E-state index < -0.39 is 26.5 Å². The lowest BCUT2D eigenvalue weighted by Gasteiger charge is -2.19. The zero-order valence-electron chi connectivity index (χ0n) is 29.9. The van der Waals surface area contributed by atoms with Gasteiger partial charge in [-0.2, -0.15) is 0 Å². The second-order valence-corrected chi connectivity index (χ2v) is 13.5. The average molecular weight is 683 g/mol. The second-order valence-electron chi connectivity index (χ2n) is 12.0. The third kappa shape index (κ3) is 33.7. The van der Waals surface area contributed by atoms with Crippen LogP contribution in [-0.4, -0.2) is 43.3 Å². The molecule has 0 fully saturated rings. The lowest BCUT2D eigenvalue weighted by atomic mass is 10.1. The molecule has 8 nitrogen and oxygen atoms in total. The maximum absolute atomic E-state index is 12.4. The van der Waals surface area contributed by atoms with Crippen molar-refractivity contribution in [1.29, 1.82) is 0 Å². The zero-order chi connectivity index (χ0) is 34.7. The van der Waals surface area contributed by atoms with E-state index in [0.717, 1.165) is 84.2 Å². The first-order valence-corrected chi connectivity index (χ1v) is 19.8. The van der Waals surface area contributed by atoms with Gasteiger partial charge in [-0.25, -0.2) is 4.57 Å². The van der Waals surface area contributed by atoms with Gasteiger partial charge in [0.05, 0.1) is 6.61 Å². The molecule has 0 radical (unpaired) electrons. The van der Waals surface area contributed by atoms with Crippen molar-refractivity contribution in [2.24, 2.45) is 0 Å². The van der Waals surface area contributed by atoms with Crippen molar-refractivity contribution in [2.75, 3.05) is 20.3 Å². The quantitative estimate of drug-likeness (QED) is 0.0315. The van der Waals surface area contributed by atoms with Crippen LogP contribution in [0.15, 0.2) is 48.6 Å². The van der Waals surface area contributed by atoms with Crippen LogP contribution in [0.3, 0.4) is 0 Å². The standard InChI is InChI=1S/C38H67O8P/c1-4-6-8-10-12-14-16-18-19-21-22-24-26-28-30-32-37(39)44-34-36(35-45-47(41,42)43-3)46-38(40)33-31-29-27-25-23-20-17-15-13-11-9-7-5-2/h7,9,13,15,18-20,23,36H,4-6,8,10-12,14,16-17,21-22,24-35H2,1-3H3,(H,41,42)/b9-7-,15-13-,19-18-,23-20-.